The largest absolute Gasteiger partial charge is 0.411 e. The number of halogens is 3. The molecule has 0 aromatic heterocycles. The van der Waals surface area contributed by atoms with Gasteiger partial charge < -0.3 is 14.8 Å². The molecule has 0 spiro atoms. The molecule has 15 heavy (non-hydrogen) atoms. The Bertz CT molecular complexity index is 181. The maximum Gasteiger partial charge on any atom is 0.411 e. The first-order valence-corrected chi connectivity index (χ1v) is 4.92. The predicted molar refractivity (Wildman–Crippen MR) is 48.6 cm³/mol. The quantitative estimate of drug-likeness (QED) is 0.765. The first-order chi connectivity index (χ1) is 7.03. The second-order valence-electron chi connectivity index (χ2n) is 3.65. The highest BCUT2D eigenvalue weighted by atomic mass is 19.4. The summed E-state index contributed by atoms with van der Waals surface area (Å²) in [6.07, 6.45) is -3.37. The SMILES string of the molecule is CNC(COCC(F)(F)F)C1CCOC1. The van der Waals surface area contributed by atoms with E-state index in [1.54, 1.807) is 7.05 Å². The minimum absolute atomic E-state index is 0.0603. The summed E-state index contributed by atoms with van der Waals surface area (Å²) in [6, 6.07) is -0.0603. The summed E-state index contributed by atoms with van der Waals surface area (Å²) in [4.78, 5) is 0. The molecule has 1 aliphatic heterocycles. The summed E-state index contributed by atoms with van der Waals surface area (Å²) >= 11 is 0. The molecule has 0 aliphatic carbocycles. The van der Waals surface area contributed by atoms with Gasteiger partial charge >= 0.3 is 6.18 Å². The minimum Gasteiger partial charge on any atom is -0.381 e. The van der Waals surface area contributed by atoms with Crippen molar-refractivity contribution in [2.75, 3.05) is 33.5 Å². The van der Waals surface area contributed by atoms with Crippen LogP contribution in [0, 0.1) is 5.92 Å². The molecule has 1 N–H and O–H groups in total. The normalized spacial score (nSPS) is 24.4. The predicted octanol–water partition coefficient (Wildman–Crippen LogP) is 1.19. The molecule has 0 radical (unpaired) electrons. The van der Waals surface area contributed by atoms with Crippen LogP contribution >= 0.6 is 0 Å². The monoisotopic (exact) mass is 227 g/mol. The number of ether oxygens (including phenoxy) is 2. The lowest BCUT2D eigenvalue weighted by Gasteiger charge is -2.21. The van der Waals surface area contributed by atoms with E-state index in [1.165, 1.54) is 0 Å². The van der Waals surface area contributed by atoms with Gasteiger partial charge in [-0.15, -0.1) is 0 Å². The van der Waals surface area contributed by atoms with Crippen LogP contribution in [0.2, 0.25) is 0 Å². The molecule has 1 rings (SSSR count). The highest BCUT2D eigenvalue weighted by Gasteiger charge is 2.29. The molecule has 1 fully saturated rings. The fraction of sp³-hybridized carbons (Fsp3) is 1.00. The van der Waals surface area contributed by atoms with Crippen molar-refractivity contribution in [2.45, 2.75) is 18.6 Å². The van der Waals surface area contributed by atoms with E-state index in [0.29, 0.717) is 13.2 Å². The van der Waals surface area contributed by atoms with Gasteiger partial charge in [-0.25, -0.2) is 0 Å². The number of rotatable bonds is 5. The smallest absolute Gasteiger partial charge is 0.381 e. The Kier molecular flexibility index (Phi) is 4.82. The van der Waals surface area contributed by atoms with Crippen LogP contribution in [0.3, 0.4) is 0 Å². The van der Waals surface area contributed by atoms with Crippen LogP contribution in [0.4, 0.5) is 13.2 Å². The lowest BCUT2D eigenvalue weighted by Crippen LogP contribution is -2.39. The Morgan fingerprint density at radius 3 is 2.73 bits per heavy atom. The van der Waals surface area contributed by atoms with Crippen LogP contribution in [-0.4, -0.2) is 45.7 Å². The molecule has 0 saturated carbocycles. The van der Waals surface area contributed by atoms with Gasteiger partial charge in [-0.1, -0.05) is 0 Å². The summed E-state index contributed by atoms with van der Waals surface area (Å²) in [6.45, 7) is 0.172. The van der Waals surface area contributed by atoms with E-state index < -0.39 is 12.8 Å². The molecule has 0 bridgehead atoms. The second kappa shape index (κ2) is 5.67. The summed E-state index contributed by atoms with van der Waals surface area (Å²) in [5, 5.41) is 2.96. The Morgan fingerprint density at radius 2 is 2.27 bits per heavy atom. The standard InChI is InChI=1S/C9H16F3NO2/c1-13-8(7-2-3-14-4-7)5-15-6-9(10,11)12/h7-8,13H,2-6H2,1H3. The second-order valence-corrected chi connectivity index (χ2v) is 3.65. The average Bonchev–Trinajstić information content (AvgIpc) is 2.63. The van der Waals surface area contributed by atoms with E-state index in [1.807, 2.05) is 0 Å². The molecule has 6 heteroatoms. The summed E-state index contributed by atoms with van der Waals surface area (Å²) in [5.41, 5.74) is 0. The van der Waals surface area contributed by atoms with Crippen molar-refractivity contribution in [1.82, 2.24) is 5.32 Å². The van der Waals surface area contributed by atoms with Crippen LogP contribution < -0.4 is 5.32 Å². The van der Waals surface area contributed by atoms with Crippen molar-refractivity contribution >= 4 is 0 Å². The summed E-state index contributed by atoms with van der Waals surface area (Å²) < 4.78 is 45.2. The number of hydrogen-bond donors (Lipinski definition) is 1. The molecule has 1 saturated heterocycles. The van der Waals surface area contributed by atoms with Gasteiger partial charge in [0.2, 0.25) is 0 Å². The molecule has 2 unspecified atom stereocenters. The molecule has 0 aromatic rings. The lowest BCUT2D eigenvalue weighted by molar-refractivity contribution is -0.176. The third-order valence-electron chi connectivity index (χ3n) is 2.47. The molecular formula is C9H16F3NO2. The van der Waals surface area contributed by atoms with E-state index in [4.69, 9.17) is 4.74 Å². The zero-order chi connectivity index (χ0) is 11.3. The van der Waals surface area contributed by atoms with Crippen LogP contribution in [0.1, 0.15) is 6.42 Å². The number of alkyl halides is 3. The first kappa shape index (κ1) is 12.7. The first-order valence-electron chi connectivity index (χ1n) is 4.92. The van der Waals surface area contributed by atoms with E-state index in [9.17, 15) is 13.2 Å². The highest BCUT2D eigenvalue weighted by Crippen LogP contribution is 2.18. The van der Waals surface area contributed by atoms with Gasteiger partial charge in [-0.05, 0) is 13.5 Å². The molecule has 2 atom stereocenters. The third-order valence-corrected chi connectivity index (χ3v) is 2.47. The van der Waals surface area contributed by atoms with Crippen molar-refractivity contribution < 1.29 is 22.6 Å². The van der Waals surface area contributed by atoms with Gasteiger partial charge in [-0.3, -0.25) is 0 Å². The fourth-order valence-electron chi connectivity index (χ4n) is 1.63. The number of hydrogen-bond acceptors (Lipinski definition) is 3. The fourth-order valence-corrected chi connectivity index (χ4v) is 1.63. The van der Waals surface area contributed by atoms with Gasteiger partial charge in [0.1, 0.15) is 6.61 Å². The maximum atomic E-state index is 11.8. The molecule has 1 aliphatic rings. The Morgan fingerprint density at radius 1 is 1.53 bits per heavy atom. The summed E-state index contributed by atoms with van der Waals surface area (Å²) in [7, 11) is 1.72. The summed E-state index contributed by atoms with van der Waals surface area (Å²) in [5.74, 6) is 0.253. The highest BCUT2D eigenvalue weighted by molar-refractivity contribution is 4.78. The number of likely N-dealkylation sites (N-methyl/N-ethyl adjacent to an activating group) is 1. The zero-order valence-electron chi connectivity index (χ0n) is 8.64. The lowest BCUT2D eigenvalue weighted by atomic mass is 10.0. The van der Waals surface area contributed by atoms with Gasteiger partial charge in [0.05, 0.1) is 13.2 Å². The van der Waals surface area contributed by atoms with Crippen LogP contribution in [0.15, 0.2) is 0 Å². The van der Waals surface area contributed by atoms with Gasteiger partial charge in [0.15, 0.2) is 0 Å². The van der Waals surface area contributed by atoms with Crippen molar-refractivity contribution in [3.63, 3.8) is 0 Å². The minimum atomic E-state index is -4.25. The van der Waals surface area contributed by atoms with E-state index in [-0.39, 0.29) is 18.6 Å². The molecule has 0 amide bonds. The number of nitrogens with one attached hydrogen (secondary N) is 1. The van der Waals surface area contributed by atoms with E-state index in [0.717, 1.165) is 6.42 Å². The third kappa shape index (κ3) is 4.81. The van der Waals surface area contributed by atoms with Crippen molar-refractivity contribution in [1.29, 1.82) is 0 Å². The van der Waals surface area contributed by atoms with Crippen molar-refractivity contribution in [3.05, 3.63) is 0 Å². The zero-order valence-corrected chi connectivity index (χ0v) is 8.64. The molecule has 0 aromatic carbocycles. The Labute approximate surface area is 86.9 Å². The van der Waals surface area contributed by atoms with Crippen molar-refractivity contribution in [3.8, 4) is 0 Å². The van der Waals surface area contributed by atoms with E-state index in [2.05, 4.69) is 10.1 Å². The molecule has 1 heterocycles. The van der Waals surface area contributed by atoms with E-state index >= 15 is 0 Å². The molecule has 3 nitrogen and oxygen atoms in total. The van der Waals surface area contributed by atoms with Crippen LogP contribution in [0.5, 0.6) is 0 Å². The Balaban J connectivity index is 2.21. The topological polar surface area (TPSA) is 30.5 Å². The Hall–Kier alpha value is -0.330. The molecular weight excluding hydrogens is 211 g/mol. The van der Waals surface area contributed by atoms with Crippen LogP contribution in [-0.2, 0) is 9.47 Å². The van der Waals surface area contributed by atoms with Gasteiger partial charge in [0.25, 0.3) is 0 Å². The van der Waals surface area contributed by atoms with Crippen molar-refractivity contribution in [2.24, 2.45) is 5.92 Å². The van der Waals surface area contributed by atoms with Gasteiger partial charge in [0, 0.05) is 18.6 Å². The maximum absolute atomic E-state index is 11.8. The van der Waals surface area contributed by atoms with Crippen LogP contribution in [0.25, 0.3) is 0 Å². The van der Waals surface area contributed by atoms with Gasteiger partial charge in [-0.2, -0.15) is 13.2 Å². The molecule has 90 valence electrons. The average molecular weight is 227 g/mol.